The maximum Gasteiger partial charge on any atom is 0.273 e. The van der Waals surface area contributed by atoms with Crippen molar-refractivity contribution in [3.05, 3.63) is 58.8 Å². The highest BCUT2D eigenvalue weighted by atomic mass is 16.5. The third kappa shape index (κ3) is 5.35. The van der Waals surface area contributed by atoms with Gasteiger partial charge in [0, 0.05) is 18.8 Å². The lowest BCUT2D eigenvalue weighted by Gasteiger charge is -2.28. The minimum Gasteiger partial charge on any atom is -0.495 e. The molecule has 1 aromatic heterocycles. The molecule has 0 saturated heterocycles. The Morgan fingerprint density at radius 2 is 1.89 bits per heavy atom. The first-order chi connectivity index (χ1) is 16.7. The fourth-order valence-electron chi connectivity index (χ4n) is 4.31. The molecule has 4 rings (SSSR count). The Morgan fingerprint density at radius 1 is 1.11 bits per heavy atom. The number of nitrogens with zero attached hydrogens (tertiary/aromatic N) is 4. The summed E-state index contributed by atoms with van der Waals surface area (Å²) in [5.74, 6) is 0.454. The number of methoxy groups -OCH3 is 1. The number of para-hydroxylation sites is 1. The van der Waals surface area contributed by atoms with Crippen LogP contribution in [-0.2, 0) is 18.4 Å². The van der Waals surface area contributed by atoms with Gasteiger partial charge in [-0.1, -0.05) is 45.9 Å². The normalized spacial score (nSPS) is 13.7. The predicted octanol–water partition coefficient (Wildman–Crippen LogP) is 4.14. The highest BCUT2D eigenvalue weighted by Crippen LogP contribution is 2.34. The summed E-state index contributed by atoms with van der Waals surface area (Å²) in [6.45, 7) is 11.4. The molecule has 0 unspecified atom stereocenters. The molecule has 184 valence electrons. The van der Waals surface area contributed by atoms with Gasteiger partial charge in [0.1, 0.15) is 5.75 Å². The number of carbonyl (C=O) groups excluding carboxylic acids is 1. The summed E-state index contributed by atoms with van der Waals surface area (Å²) in [6.07, 6.45) is 0.979. The smallest absolute Gasteiger partial charge is 0.273 e. The molecule has 0 atom stereocenters. The Morgan fingerprint density at radius 3 is 2.57 bits per heavy atom. The van der Waals surface area contributed by atoms with Crippen LogP contribution in [0.25, 0.3) is 0 Å². The quantitative estimate of drug-likeness (QED) is 0.467. The van der Waals surface area contributed by atoms with Gasteiger partial charge in [0.25, 0.3) is 5.91 Å². The van der Waals surface area contributed by atoms with Crippen LogP contribution in [0.1, 0.15) is 54.9 Å². The first-order valence-corrected chi connectivity index (χ1v) is 11.8. The van der Waals surface area contributed by atoms with Crippen molar-refractivity contribution in [3.8, 4) is 5.75 Å². The van der Waals surface area contributed by atoms with Gasteiger partial charge in [0.2, 0.25) is 5.95 Å². The fourth-order valence-corrected chi connectivity index (χ4v) is 4.31. The summed E-state index contributed by atoms with van der Waals surface area (Å²) in [6, 6.07) is 12.0. The van der Waals surface area contributed by atoms with E-state index < -0.39 is 5.91 Å². The van der Waals surface area contributed by atoms with Crippen LogP contribution < -0.4 is 21.1 Å². The van der Waals surface area contributed by atoms with Crippen LogP contribution in [0.15, 0.2) is 36.4 Å². The van der Waals surface area contributed by atoms with E-state index in [1.165, 1.54) is 11.1 Å². The van der Waals surface area contributed by atoms with Crippen molar-refractivity contribution >= 4 is 29.0 Å². The number of nitrogens with one attached hydrogen (secondary N) is 2. The van der Waals surface area contributed by atoms with Crippen molar-refractivity contribution < 1.29 is 9.53 Å². The van der Waals surface area contributed by atoms with Crippen molar-refractivity contribution in [3.63, 3.8) is 0 Å². The number of hydrogen-bond acceptors (Lipinski definition) is 8. The molecule has 0 saturated carbocycles. The van der Waals surface area contributed by atoms with E-state index in [1.54, 1.807) is 7.11 Å². The first-order valence-electron chi connectivity index (χ1n) is 11.8. The number of hydrogen-bond donors (Lipinski definition) is 3. The third-order valence-electron chi connectivity index (χ3n) is 6.21. The highest BCUT2D eigenvalue weighted by Gasteiger charge is 2.22. The second kappa shape index (κ2) is 9.87. The van der Waals surface area contributed by atoms with E-state index in [0.717, 1.165) is 43.0 Å². The van der Waals surface area contributed by atoms with E-state index in [0.29, 0.717) is 5.75 Å². The van der Waals surface area contributed by atoms with Gasteiger partial charge >= 0.3 is 0 Å². The molecule has 2 heterocycles. The van der Waals surface area contributed by atoms with Gasteiger partial charge in [0.15, 0.2) is 11.5 Å². The number of ether oxygens (including phenoxy) is 1. The highest BCUT2D eigenvalue weighted by molar-refractivity contribution is 5.96. The SMILES string of the molecule is CCN1CCc2cc(OC)c(Nc3nnc(C(N)=O)c(Nc4ccccc4C(C)(C)C)n3)cc2C1. The Kier molecular flexibility index (Phi) is 6.88. The number of primary amides is 1. The molecule has 0 spiro atoms. The standard InChI is InChI=1S/C26H33N7O2/c1-6-33-12-11-16-14-21(35-5)20(13-17(16)15-33)29-25-30-24(22(23(27)34)31-32-25)28-19-10-8-7-9-18(19)26(2,3)4/h7-10,13-14H,6,11-12,15H2,1-5H3,(H2,27,34)(H2,28,29,30,32). The van der Waals surface area contributed by atoms with Crippen molar-refractivity contribution in [2.75, 3.05) is 30.8 Å². The first kappa shape index (κ1) is 24.4. The van der Waals surface area contributed by atoms with Crippen LogP contribution in [0.5, 0.6) is 5.75 Å². The number of carbonyl (C=O) groups is 1. The molecule has 9 nitrogen and oxygen atoms in total. The number of rotatable bonds is 7. The van der Waals surface area contributed by atoms with E-state index in [4.69, 9.17) is 10.5 Å². The Labute approximate surface area is 206 Å². The third-order valence-corrected chi connectivity index (χ3v) is 6.21. The largest absolute Gasteiger partial charge is 0.495 e. The summed E-state index contributed by atoms with van der Waals surface area (Å²) in [4.78, 5) is 19.0. The van der Waals surface area contributed by atoms with E-state index in [-0.39, 0.29) is 22.9 Å². The molecule has 1 amide bonds. The lowest BCUT2D eigenvalue weighted by Crippen LogP contribution is -2.30. The van der Waals surface area contributed by atoms with Crippen molar-refractivity contribution in [2.24, 2.45) is 5.73 Å². The van der Waals surface area contributed by atoms with Crippen LogP contribution in [0.4, 0.5) is 23.1 Å². The predicted molar refractivity (Wildman–Crippen MR) is 138 cm³/mol. The van der Waals surface area contributed by atoms with Gasteiger partial charge < -0.3 is 21.1 Å². The number of benzene rings is 2. The summed E-state index contributed by atoms with van der Waals surface area (Å²) < 4.78 is 5.64. The topological polar surface area (TPSA) is 118 Å². The molecular weight excluding hydrogens is 442 g/mol. The van der Waals surface area contributed by atoms with Gasteiger partial charge in [-0.25, -0.2) is 0 Å². The van der Waals surface area contributed by atoms with E-state index in [1.807, 2.05) is 24.3 Å². The van der Waals surface area contributed by atoms with Crippen LogP contribution in [-0.4, -0.2) is 46.2 Å². The lowest BCUT2D eigenvalue weighted by atomic mass is 9.86. The monoisotopic (exact) mass is 475 g/mol. The second-order valence-corrected chi connectivity index (χ2v) is 9.68. The van der Waals surface area contributed by atoms with Gasteiger partial charge in [-0.15, -0.1) is 10.2 Å². The molecule has 2 aromatic carbocycles. The van der Waals surface area contributed by atoms with Crippen molar-refractivity contribution in [2.45, 2.75) is 46.1 Å². The maximum absolute atomic E-state index is 12.1. The van der Waals surface area contributed by atoms with E-state index >= 15 is 0 Å². The summed E-state index contributed by atoms with van der Waals surface area (Å²) in [5.41, 5.74) is 10.6. The molecule has 4 N–H and O–H groups in total. The van der Waals surface area contributed by atoms with Crippen molar-refractivity contribution in [1.82, 2.24) is 20.1 Å². The Hall–Kier alpha value is -3.72. The minimum absolute atomic E-state index is 0.0322. The Bertz CT molecular complexity index is 1240. The lowest BCUT2D eigenvalue weighted by molar-refractivity contribution is 0.0995. The van der Waals surface area contributed by atoms with E-state index in [2.05, 4.69) is 70.5 Å². The van der Waals surface area contributed by atoms with Gasteiger partial charge in [-0.3, -0.25) is 9.69 Å². The fraction of sp³-hybridized carbons (Fsp3) is 0.385. The molecule has 9 heteroatoms. The summed E-state index contributed by atoms with van der Waals surface area (Å²) in [5, 5.41) is 14.7. The number of aromatic nitrogens is 3. The minimum atomic E-state index is -0.710. The molecule has 3 aromatic rings. The van der Waals surface area contributed by atoms with Gasteiger partial charge in [0.05, 0.1) is 12.8 Å². The van der Waals surface area contributed by atoms with Gasteiger partial charge in [-0.05, 0) is 53.3 Å². The molecule has 0 bridgehead atoms. The van der Waals surface area contributed by atoms with E-state index in [9.17, 15) is 4.79 Å². The zero-order valence-electron chi connectivity index (χ0n) is 21.0. The number of anilines is 4. The summed E-state index contributed by atoms with van der Waals surface area (Å²) >= 11 is 0. The van der Waals surface area contributed by atoms with Crippen LogP contribution in [0.2, 0.25) is 0 Å². The number of likely N-dealkylation sites (N-methyl/N-ethyl adjacent to an activating group) is 1. The number of nitrogens with two attached hydrogens (primary N) is 1. The van der Waals surface area contributed by atoms with Crippen LogP contribution in [0, 0.1) is 0 Å². The number of amides is 1. The zero-order chi connectivity index (χ0) is 25.2. The van der Waals surface area contributed by atoms with Crippen LogP contribution >= 0.6 is 0 Å². The molecule has 1 aliphatic rings. The zero-order valence-corrected chi connectivity index (χ0v) is 21.0. The van der Waals surface area contributed by atoms with Gasteiger partial charge in [-0.2, -0.15) is 4.98 Å². The molecule has 0 fully saturated rings. The van der Waals surface area contributed by atoms with Crippen LogP contribution in [0.3, 0.4) is 0 Å². The Balaban J connectivity index is 1.69. The molecule has 0 radical (unpaired) electrons. The molecular formula is C26H33N7O2. The summed E-state index contributed by atoms with van der Waals surface area (Å²) in [7, 11) is 1.64. The molecule has 1 aliphatic heterocycles. The molecule has 35 heavy (non-hydrogen) atoms. The number of fused-ring (bicyclic) bond motifs is 1. The average molecular weight is 476 g/mol. The van der Waals surface area contributed by atoms with Crippen molar-refractivity contribution in [1.29, 1.82) is 0 Å². The molecule has 0 aliphatic carbocycles. The average Bonchev–Trinajstić information content (AvgIpc) is 2.83. The second-order valence-electron chi connectivity index (χ2n) is 9.68. The maximum atomic E-state index is 12.1.